The van der Waals surface area contributed by atoms with Crippen LogP contribution in [0.25, 0.3) is 0 Å². The molecule has 0 saturated carbocycles. The van der Waals surface area contributed by atoms with Crippen LogP contribution in [0.15, 0.2) is 18.2 Å². The lowest BCUT2D eigenvalue weighted by molar-refractivity contribution is 0.201. The molecule has 104 valence electrons. The summed E-state index contributed by atoms with van der Waals surface area (Å²) in [5.41, 5.74) is 1.29. The lowest BCUT2D eigenvalue weighted by atomic mass is 10.0. The van der Waals surface area contributed by atoms with E-state index < -0.39 is 0 Å². The minimum Gasteiger partial charge on any atom is -0.392 e. The highest BCUT2D eigenvalue weighted by molar-refractivity contribution is 5.56. The van der Waals surface area contributed by atoms with Gasteiger partial charge < -0.3 is 10.0 Å². The van der Waals surface area contributed by atoms with Crippen molar-refractivity contribution in [3.8, 4) is 0 Å². The van der Waals surface area contributed by atoms with Crippen LogP contribution in [0, 0.1) is 5.82 Å². The molecule has 2 aliphatic rings. The molecule has 1 N–H and O–H groups in total. The maximum atomic E-state index is 14.2. The van der Waals surface area contributed by atoms with E-state index >= 15 is 0 Å². The van der Waals surface area contributed by atoms with E-state index in [0.717, 1.165) is 13.1 Å². The summed E-state index contributed by atoms with van der Waals surface area (Å²) in [6.45, 7) is 5.07. The number of para-hydroxylation sites is 1. The number of hydrogen-bond acceptors (Lipinski definition) is 3. The molecular weight excluding hydrogens is 243 g/mol. The van der Waals surface area contributed by atoms with Gasteiger partial charge in [0.05, 0.1) is 12.3 Å². The van der Waals surface area contributed by atoms with Gasteiger partial charge in [-0.05, 0) is 32.4 Å². The molecule has 3 nitrogen and oxygen atoms in total. The third kappa shape index (κ3) is 2.23. The third-order valence-corrected chi connectivity index (χ3v) is 4.47. The fourth-order valence-electron chi connectivity index (χ4n) is 3.51. The lowest BCUT2D eigenvalue weighted by Crippen LogP contribution is -2.55. The fourth-order valence-corrected chi connectivity index (χ4v) is 3.51. The summed E-state index contributed by atoms with van der Waals surface area (Å²) in [5, 5.41) is 9.44. The van der Waals surface area contributed by atoms with Gasteiger partial charge in [0.2, 0.25) is 0 Å². The highest BCUT2D eigenvalue weighted by atomic mass is 19.1. The second-order valence-electron chi connectivity index (χ2n) is 5.70. The molecule has 0 radical (unpaired) electrons. The second kappa shape index (κ2) is 5.10. The number of fused-ring (bicyclic) bond motifs is 1. The zero-order valence-electron chi connectivity index (χ0n) is 11.3. The summed E-state index contributed by atoms with van der Waals surface area (Å²) in [6, 6.07) is 5.80. The highest BCUT2D eigenvalue weighted by Crippen LogP contribution is 2.32. The van der Waals surface area contributed by atoms with Crippen molar-refractivity contribution in [2.45, 2.75) is 38.5 Å². The molecule has 2 unspecified atom stereocenters. The van der Waals surface area contributed by atoms with Crippen molar-refractivity contribution in [3.05, 3.63) is 29.6 Å². The number of nitrogens with zero attached hydrogens (tertiary/aromatic N) is 2. The molecule has 0 aromatic heterocycles. The largest absolute Gasteiger partial charge is 0.392 e. The summed E-state index contributed by atoms with van der Waals surface area (Å²) in [4.78, 5) is 4.66. The molecule has 2 aliphatic heterocycles. The minimum absolute atomic E-state index is 0.106. The molecule has 0 bridgehead atoms. The van der Waals surface area contributed by atoms with Crippen molar-refractivity contribution in [3.63, 3.8) is 0 Å². The molecule has 2 heterocycles. The Morgan fingerprint density at radius 1 is 1.37 bits per heavy atom. The Labute approximate surface area is 113 Å². The van der Waals surface area contributed by atoms with Gasteiger partial charge in [-0.1, -0.05) is 12.1 Å². The van der Waals surface area contributed by atoms with Crippen molar-refractivity contribution in [1.29, 1.82) is 0 Å². The Hall–Kier alpha value is -1.13. The third-order valence-electron chi connectivity index (χ3n) is 4.47. The van der Waals surface area contributed by atoms with E-state index in [0.29, 0.717) is 17.3 Å². The van der Waals surface area contributed by atoms with Crippen molar-refractivity contribution in [1.82, 2.24) is 4.90 Å². The van der Waals surface area contributed by atoms with E-state index in [-0.39, 0.29) is 18.5 Å². The Bertz CT molecular complexity index is 465. The van der Waals surface area contributed by atoms with Crippen LogP contribution >= 0.6 is 0 Å². The SMILES string of the molecule is CC1CN2CCCC2CN1c1c(F)cccc1CO. The smallest absolute Gasteiger partial charge is 0.146 e. The Kier molecular flexibility index (Phi) is 3.46. The summed E-state index contributed by atoms with van der Waals surface area (Å²) in [6.07, 6.45) is 2.45. The summed E-state index contributed by atoms with van der Waals surface area (Å²) in [5.74, 6) is -0.218. The number of aliphatic hydroxyl groups excluding tert-OH is 1. The number of piperazine rings is 1. The van der Waals surface area contributed by atoms with Crippen LogP contribution in [0.4, 0.5) is 10.1 Å². The van der Waals surface area contributed by atoms with Gasteiger partial charge in [-0.15, -0.1) is 0 Å². The maximum Gasteiger partial charge on any atom is 0.146 e. The molecule has 3 rings (SSSR count). The summed E-state index contributed by atoms with van der Waals surface area (Å²) >= 11 is 0. The van der Waals surface area contributed by atoms with Crippen LogP contribution in [0.2, 0.25) is 0 Å². The molecule has 2 atom stereocenters. The van der Waals surface area contributed by atoms with Gasteiger partial charge in [-0.2, -0.15) is 0 Å². The predicted molar refractivity (Wildman–Crippen MR) is 73.7 cm³/mol. The van der Waals surface area contributed by atoms with Gasteiger partial charge in [-0.25, -0.2) is 4.39 Å². The van der Waals surface area contributed by atoms with Crippen LogP contribution in [-0.2, 0) is 6.61 Å². The molecule has 0 spiro atoms. The standard InChI is InChI=1S/C15H21FN2O/c1-11-8-17-7-3-5-13(17)9-18(11)15-12(10-19)4-2-6-14(15)16/h2,4,6,11,13,19H,3,5,7-10H2,1H3. The zero-order valence-corrected chi connectivity index (χ0v) is 11.3. The van der Waals surface area contributed by atoms with Gasteiger partial charge in [0.1, 0.15) is 5.82 Å². The fraction of sp³-hybridized carbons (Fsp3) is 0.600. The summed E-state index contributed by atoms with van der Waals surface area (Å²) in [7, 11) is 0. The molecule has 2 saturated heterocycles. The van der Waals surface area contributed by atoms with Crippen LogP contribution in [0.3, 0.4) is 0 Å². The molecule has 2 fully saturated rings. The number of benzene rings is 1. The topological polar surface area (TPSA) is 26.7 Å². The zero-order chi connectivity index (χ0) is 13.4. The first-order chi connectivity index (χ1) is 9.20. The van der Waals surface area contributed by atoms with Crippen molar-refractivity contribution < 1.29 is 9.50 Å². The number of halogens is 1. The lowest BCUT2D eigenvalue weighted by Gasteiger charge is -2.44. The van der Waals surface area contributed by atoms with Gasteiger partial charge in [0.25, 0.3) is 0 Å². The van der Waals surface area contributed by atoms with E-state index in [4.69, 9.17) is 0 Å². The molecule has 19 heavy (non-hydrogen) atoms. The van der Waals surface area contributed by atoms with Gasteiger partial charge in [0.15, 0.2) is 0 Å². The highest BCUT2D eigenvalue weighted by Gasteiger charge is 2.35. The molecule has 1 aromatic carbocycles. The van der Waals surface area contributed by atoms with Gasteiger partial charge in [-0.3, -0.25) is 4.90 Å². The number of hydrogen-bond donors (Lipinski definition) is 1. The molecule has 1 aromatic rings. The molecule has 0 aliphatic carbocycles. The average Bonchev–Trinajstić information content (AvgIpc) is 2.84. The van der Waals surface area contributed by atoms with Gasteiger partial charge in [0, 0.05) is 30.7 Å². The van der Waals surface area contributed by atoms with Crippen molar-refractivity contribution in [2.24, 2.45) is 0 Å². The van der Waals surface area contributed by atoms with E-state index in [2.05, 4.69) is 16.7 Å². The second-order valence-corrected chi connectivity index (χ2v) is 5.70. The molecule has 4 heteroatoms. The minimum atomic E-state index is -0.218. The normalized spacial score (nSPS) is 27.6. The Morgan fingerprint density at radius 3 is 3.00 bits per heavy atom. The number of anilines is 1. The Balaban J connectivity index is 1.93. The van der Waals surface area contributed by atoms with Gasteiger partial charge >= 0.3 is 0 Å². The van der Waals surface area contributed by atoms with E-state index in [1.807, 2.05) is 6.07 Å². The first-order valence-corrected chi connectivity index (χ1v) is 7.09. The molecular formula is C15H21FN2O. The van der Waals surface area contributed by atoms with Crippen LogP contribution in [0.5, 0.6) is 0 Å². The van der Waals surface area contributed by atoms with E-state index in [1.54, 1.807) is 6.07 Å². The summed E-state index contributed by atoms with van der Waals surface area (Å²) < 4.78 is 14.2. The first-order valence-electron chi connectivity index (χ1n) is 7.09. The van der Waals surface area contributed by atoms with E-state index in [9.17, 15) is 9.50 Å². The van der Waals surface area contributed by atoms with Crippen molar-refractivity contribution in [2.75, 3.05) is 24.5 Å². The van der Waals surface area contributed by atoms with E-state index in [1.165, 1.54) is 25.5 Å². The number of rotatable bonds is 2. The predicted octanol–water partition coefficient (Wildman–Crippen LogP) is 1.99. The maximum absolute atomic E-state index is 14.2. The first kappa shape index (κ1) is 12.9. The monoisotopic (exact) mass is 264 g/mol. The average molecular weight is 264 g/mol. The molecule has 0 amide bonds. The Morgan fingerprint density at radius 2 is 2.21 bits per heavy atom. The quantitative estimate of drug-likeness (QED) is 0.885. The van der Waals surface area contributed by atoms with Crippen LogP contribution in [0.1, 0.15) is 25.3 Å². The van der Waals surface area contributed by atoms with Crippen LogP contribution in [-0.4, -0.2) is 41.7 Å². The van der Waals surface area contributed by atoms with Crippen LogP contribution < -0.4 is 4.90 Å². The van der Waals surface area contributed by atoms with Crippen molar-refractivity contribution >= 4 is 5.69 Å². The number of aliphatic hydroxyl groups is 1.